The van der Waals surface area contributed by atoms with Crippen molar-refractivity contribution in [3.05, 3.63) is 146 Å². The van der Waals surface area contributed by atoms with Gasteiger partial charge in [0.1, 0.15) is 11.2 Å². The molecule has 10 aromatic rings. The molecule has 0 radical (unpaired) electrons. The smallest absolute Gasteiger partial charge is 0.137 e. The van der Waals surface area contributed by atoms with Crippen molar-refractivity contribution in [1.82, 2.24) is 9.13 Å². The van der Waals surface area contributed by atoms with Crippen molar-refractivity contribution in [1.29, 1.82) is 0 Å². The molecule has 43 heavy (non-hydrogen) atoms. The molecule has 0 saturated carbocycles. The summed E-state index contributed by atoms with van der Waals surface area (Å²) in [6.45, 7) is 0. The van der Waals surface area contributed by atoms with E-state index in [1.807, 2.05) is 12.1 Å². The second-order valence-electron chi connectivity index (χ2n) is 11.4. The first-order valence-electron chi connectivity index (χ1n) is 14.7. The van der Waals surface area contributed by atoms with Gasteiger partial charge in [0.25, 0.3) is 0 Å². The fourth-order valence-corrected chi connectivity index (χ4v) is 7.15. The van der Waals surface area contributed by atoms with Gasteiger partial charge in [-0.2, -0.15) is 0 Å². The molecule has 0 aliphatic rings. The number of furan rings is 1. The fourth-order valence-electron chi connectivity index (χ4n) is 7.15. The number of nitrogens with zero attached hydrogens (tertiary/aromatic N) is 2. The second kappa shape index (κ2) is 8.37. The van der Waals surface area contributed by atoms with Crippen molar-refractivity contribution in [2.75, 3.05) is 0 Å². The monoisotopic (exact) mass is 548 g/mol. The van der Waals surface area contributed by atoms with Gasteiger partial charge in [-0.15, -0.1) is 0 Å². The van der Waals surface area contributed by atoms with Crippen LogP contribution in [0.4, 0.5) is 0 Å². The molecule has 3 heteroatoms. The van der Waals surface area contributed by atoms with Crippen LogP contribution in [0.5, 0.6) is 0 Å². The lowest BCUT2D eigenvalue weighted by Crippen LogP contribution is -1.94. The Hall–Kier alpha value is -5.80. The van der Waals surface area contributed by atoms with Crippen LogP contribution in [0.15, 0.2) is 150 Å². The summed E-state index contributed by atoms with van der Waals surface area (Å²) in [7, 11) is 0. The summed E-state index contributed by atoms with van der Waals surface area (Å²) >= 11 is 0. The predicted molar refractivity (Wildman–Crippen MR) is 180 cm³/mol. The minimum absolute atomic E-state index is 0.899. The van der Waals surface area contributed by atoms with Crippen molar-refractivity contribution >= 4 is 76.3 Å². The Bertz CT molecular complexity index is 2720. The Morgan fingerprint density at radius 3 is 1.74 bits per heavy atom. The minimum atomic E-state index is 0.899. The maximum Gasteiger partial charge on any atom is 0.137 e. The molecule has 200 valence electrons. The lowest BCUT2D eigenvalue weighted by atomic mass is 10.0. The third-order valence-electron chi connectivity index (χ3n) is 9.06. The molecule has 3 nitrogen and oxygen atoms in total. The van der Waals surface area contributed by atoms with Gasteiger partial charge in [-0.05, 0) is 71.4 Å². The number of hydrogen-bond donors (Lipinski definition) is 0. The molecule has 0 unspecified atom stereocenters. The minimum Gasteiger partial charge on any atom is -0.456 e. The summed E-state index contributed by atoms with van der Waals surface area (Å²) in [6, 6.07) is 52.4. The zero-order valence-corrected chi connectivity index (χ0v) is 23.2. The largest absolute Gasteiger partial charge is 0.456 e. The lowest BCUT2D eigenvalue weighted by Gasteiger charge is -2.09. The first kappa shape index (κ1) is 22.8. The standard InChI is InChI=1S/C40H24N2O/c1-2-12-27(13-3-1)41-35-16-8-6-14-29(35)33-23-38-34(24-37(33)41)32-20-25-10-4-5-11-26(25)21-36(32)42(38)28-18-19-31-30-15-7-9-17-39(30)43-40(31)22-28/h1-24H. The summed E-state index contributed by atoms with van der Waals surface area (Å²) < 4.78 is 11.2. The third kappa shape index (κ3) is 3.14. The van der Waals surface area contributed by atoms with E-state index in [1.165, 1.54) is 54.4 Å². The van der Waals surface area contributed by atoms with Gasteiger partial charge in [-0.25, -0.2) is 0 Å². The van der Waals surface area contributed by atoms with Crippen LogP contribution in [0.25, 0.3) is 87.7 Å². The summed E-state index contributed by atoms with van der Waals surface area (Å²) in [5, 5.41) is 9.72. The van der Waals surface area contributed by atoms with Crippen LogP contribution < -0.4 is 0 Å². The molecule has 0 spiro atoms. The molecule has 0 N–H and O–H groups in total. The Balaban J connectivity index is 1.37. The van der Waals surface area contributed by atoms with E-state index in [9.17, 15) is 0 Å². The highest BCUT2D eigenvalue weighted by Crippen LogP contribution is 2.41. The van der Waals surface area contributed by atoms with E-state index < -0.39 is 0 Å². The zero-order chi connectivity index (χ0) is 28.1. The predicted octanol–water partition coefficient (Wildman–Crippen LogP) is 10.9. The highest BCUT2D eigenvalue weighted by Gasteiger charge is 2.19. The molecule has 10 rings (SSSR count). The molecule has 0 atom stereocenters. The second-order valence-corrected chi connectivity index (χ2v) is 11.4. The van der Waals surface area contributed by atoms with Crippen molar-refractivity contribution in [2.24, 2.45) is 0 Å². The Kier molecular flexibility index (Phi) is 4.45. The highest BCUT2D eigenvalue weighted by atomic mass is 16.3. The maximum atomic E-state index is 6.35. The molecule has 0 aliphatic carbocycles. The summed E-state index contributed by atoms with van der Waals surface area (Å²) in [5.74, 6) is 0. The topological polar surface area (TPSA) is 23.0 Å². The zero-order valence-electron chi connectivity index (χ0n) is 23.2. The molecular formula is C40H24N2O. The van der Waals surface area contributed by atoms with E-state index in [-0.39, 0.29) is 0 Å². The Morgan fingerprint density at radius 1 is 0.326 bits per heavy atom. The molecule has 0 aliphatic heterocycles. The number of para-hydroxylation sites is 3. The average Bonchev–Trinajstić information content (AvgIpc) is 3.69. The summed E-state index contributed by atoms with van der Waals surface area (Å²) in [5.41, 5.74) is 8.86. The van der Waals surface area contributed by atoms with Crippen LogP contribution in [0.1, 0.15) is 0 Å². The van der Waals surface area contributed by atoms with Crippen molar-refractivity contribution in [2.45, 2.75) is 0 Å². The van der Waals surface area contributed by atoms with E-state index in [2.05, 4.69) is 143 Å². The Morgan fingerprint density at radius 2 is 0.907 bits per heavy atom. The van der Waals surface area contributed by atoms with E-state index in [0.29, 0.717) is 0 Å². The quantitative estimate of drug-likeness (QED) is 0.211. The number of benzene rings is 7. The summed E-state index contributed by atoms with van der Waals surface area (Å²) in [6.07, 6.45) is 0. The van der Waals surface area contributed by atoms with E-state index >= 15 is 0 Å². The molecule has 3 heterocycles. The first-order chi connectivity index (χ1) is 21.3. The molecule has 0 fully saturated rings. The van der Waals surface area contributed by atoms with Gasteiger partial charge in [-0.3, -0.25) is 0 Å². The van der Waals surface area contributed by atoms with Gasteiger partial charge >= 0.3 is 0 Å². The first-order valence-corrected chi connectivity index (χ1v) is 14.7. The van der Waals surface area contributed by atoms with Crippen LogP contribution in [0.3, 0.4) is 0 Å². The van der Waals surface area contributed by atoms with E-state index in [0.717, 1.165) is 33.3 Å². The van der Waals surface area contributed by atoms with Crippen LogP contribution in [0.2, 0.25) is 0 Å². The lowest BCUT2D eigenvalue weighted by molar-refractivity contribution is 0.668. The van der Waals surface area contributed by atoms with Crippen LogP contribution in [-0.2, 0) is 0 Å². The van der Waals surface area contributed by atoms with Gasteiger partial charge in [0.05, 0.1) is 22.1 Å². The van der Waals surface area contributed by atoms with Gasteiger partial charge in [0, 0.05) is 49.8 Å². The molecule has 3 aromatic heterocycles. The molecule has 0 bridgehead atoms. The van der Waals surface area contributed by atoms with Crippen LogP contribution in [0, 0.1) is 0 Å². The third-order valence-corrected chi connectivity index (χ3v) is 9.06. The van der Waals surface area contributed by atoms with Gasteiger partial charge in [0.2, 0.25) is 0 Å². The van der Waals surface area contributed by atoms with E-state index in [4.69, 9.17) is 4.42 Å². The van der Waals surface area contributed by atoms with Crippen LogP contribution in [-0.4, -0.2) is 9.13 Å². The number of fused-ring (bicyclic) bond motifs is 10. The molecule has 0 amide bonds. The number of aromatic nitrogens is 2. The highest BCUT2D eigenvalue weighted by molar-refractivity contribution is 6.20. The number of hydrogen-bond acceptors (Lipinski definition) is 1. The van der Waals surface area contributed by atoms with Crippen molar-refractivity contribution < 1.29 is 4.42 Å². The molecule has 7 aromatic carbocycles. The Labute approximate surface area is 246 Å². The van der Waals surface area contributed by atoms with Gasteiger partial charge in [-0.1, -0.05) is 78.9 Å². The van der Waals surface area contributed by atoms with Crippen molar-refractivity contribution in [3.8, 4) is 11.4 Å². The average molecular weight is 549 g/mol. The molecular weight excluding hydrogens is 524 g/mol. The SMILES string of the molecule is c1ccc(-n2c3ccccc3c3cc4c(cc32)c2cc3ccccc3cc2n4-c2ccc3c(c2)oc2ccccc23)cc1. The van der Waals surface area contributed by atoms with Gasteiger partial charge < -0.3 is 13.6 Å². The molecule has 0 saturated heterocycles. The number of rotatable bonds is 2. The van der Waals surface area contributed by atoms with Crippen molar-refractivity contribution in [3.63, 3.8) is 0 Å². The van der Waals surface area contributed by atoms with Crippen LogP contribution >= 0.6 is 0 Å². The van der Waals surface area contributed by atoms with Gasteiger partial charge in [0.15, 0.2) is 0 Å². The maximum absolute atomic E-state index is 6.35. The fraction of sp³-hybridized carbons (Fsp3) is 0. The van der Waals surface area contributed by atoms with E-state index in [1.54, 1.807) is 0 Å². The normalized spacial score (nSPS) is 12.2. The summed E-state index contributed by atoms with van der Waals surface area (Å²) in [4.78, 5) is 0.